The number of nitrogens with zero attached hydrogens (tertiary/aromatic N) is 2. The Hall–Kier alpha value is -1.83. The Morgan fingerprint density at radius 3 is 2.59 bits per heavy atom. The van der Waals surface area contributed by atoms with E-state index in [1.807, 2.05) is 12.3 Å². The quantitative estimate of drug-likeness (QED) is 0.777. The Balaban J connectivity index is 1.91. The van der Waals surface area contributed by atoms with Crippen molar-refractivity contribution in [3.8, 4) is 0 Å². The van der Waals surface area contributed by atoms with E-state index >= 15 is 0 Å². The van der Waals surface area contributed by atoms with E-state index in [1.165, 1.54) is 24.2 Å². The van der Waals surface area contributed by atoms with Crippen LogP contribution in [0.15, 0.2) is 54.7 Å². The molecule has 2 heteroatoms. The minimum atomic E-state index is 0.443. The molecule has 1 atom stereocenters. The number of rotatable bonds is 2. The number of aromatic nitrogens is 1. The molecule has 2 aromatic rings. The van der Waals surface area contributed by atoms with Gasteiger partial charge in [-0.2, -0.15) is 0 Å². The molecular formula is C15H16N2. The van der Waals surface area contributed by atoms with E-state index < -0.39 is 0 Å². The van der Waals surface area contributed by atoms with Crippen molar-refractivity contribution >= 4 is 5.69 Å². The first kappa shape index (κ1) is 10.3. The van der Waals surface area contributed by atoms with E-state index in [9.17, 15) is 0 Å². The van der Waals surface area contributed by atoms with Crippen molar-refractivity contribution in [2.24, 2.45) is 0 Å². The fourth-order valence-electron chi connectivity index (χ4n) is 2.58. The van der Waals surface area contributed by atoms with Crippen molar-refractivity contribution in [3.05, 3.63) is 60.4 Å². The summed E-state index contributed by atoms with van der Waals surface area (Å²) in [5, 5.41) is 0. The molecule has 0 bridgehead atoms. The van der Waals surface area contributed by atoms with E-state index in [1.54, 1.807) is 0 Å². The standard InChI is InChI=1S/C15H16N2/c1-2-7-13(8-3-1)17-12-6-10-15(17)14-9-4-5-11-16-14/h1-5,7-9,11,15H,6,10,12H2. The molecule has 3 rings (SSSR count). The monoisotopic (exact) mass is 224 g/mol. The number of anilines is 1. The van der Waals surface area contributed by atoms with Crippen LogP contribution in [0, 0.1) is 0 Å². The molecule has 0 spiro atoms. The fourth-order valence-corrected chi connectivity index (χ4v) is 2.58. The summed E-state index contributed by atoms with van der Waals surface area (Å²) < 4.78 is 0. The summed E-state index contributed by atoms with van der Waals surface area (Å²) >= 11 is 0. The second-order valence-corrected chi connectivity index (χ2v) is 4.44. The Bertz CT molecular complexity index is 421. The van der Waals surface area contributed by atoms with E-state index in [0.717, 1.165) is 6.54 Å². The highest BCUT2D eigenvalue weighted by Crippen LogP contribution is 2.34. The first-order valence-corrected chi connectivity index (χ1v) is 6.18. The van der Waals surface area contributed by atoms with Gasteiger partial charge in [-0.25, -0.2) is 0 Å². The Kier molecular flexibility index (Phi) is 2.78. The zero-order chi connectivity index (χ0) is 11.5. The lowest BCUT2D eigenvalue weighted by Gasteiger charge is -2.26. The summed E-state index contributed by atoms with van der Waals surface area (Å²) in [7, 11) is 0. The Morgan fingerprint density at radius 2 is 1.82 bits per heavy atom. The summed E-state index contributed by atoms with van der Waals surface area (Å²) in [5.41, 5.74) is 2.49. The van der Waals surface area contributed by atoms with Gasteiger partial charge in [0, 0.05) is 18.4 Å². The van der Waals surface area contributed by atoms with Gasteiger partial charge in [-0.05, 0) is 37.1 Å². The van der Waals surface area contributed by atoms with Crippen molar-refractivity contribution in [2.75, 3.05) is 11.4 Å². The van der Waals surface area contributed by atoms with Crippen LogP contribution in [0.3, 0.4) is 0 Å². The summed E-state index contributed by atoms with van der Waals surface area (Å²) in [6.07, 6.45) is 4.33. The lowest BCUT2D eigenvalue weighted by molar-refractivity contribution is 0.694. The van der Waals surface area contributed by atoms with Crippen molar-refractivity contribution < 1.29 is 0 Å². The molecule has 1 saturated heterocycles. The van der Waals surface area contributed by atoms with Crippen LogP contribution in [0.25, 0.3) is 0 Å². The number of hydrogen-bond acceptors (Lipinski definition) is 2. The summed E-state index contributed by atoms with van der Waals surface area (Å²) in [6.45, 7) is 1.13. The molecule has 2 nitrogen and oxygen atoms in total. The first-order chi connectivity index (χ1) is 8.45. The predicted molar refractivity (Wildman–Crippen MR) is 70.0 cm³/mol. The average Bonchev–Trinajstić information content (AvgIpc) is 2.90. The second-order valence-electron chi connectivity index (χ2n) is 4.44. The molecule has 17 heavy (non-hydrogen) atoms. The second kappa shape index (κ2) is 4.58. The van der Waals surface area contributed by atoms with Crippen LogP contribution in [0.1, 0.15) is 24.6 Å². The molecule has 1 aromatic carbocycles. The molecule has 2 heterocycles. The van der Waals surface area contributed by atoms with Gasteiger partial charge in [-0.15, -0.1) is 0 Å². The van der Waals surface area contributed by atoms with Gasteiger partial charge in [0.05, 0.1) is 11.7 Å². The zero-order valence-electron chi connectivity index (χ0n) is 9.79. The number of benzene rings is 1. The molecule has 1 aliphatic rings. The molecule has 0 radical (unpaired) electrons. The number of hydrogen-bond donors (Lipinski definition) is 0. The molecule has 1 aromatic heterocycles. The summed E-state index contributed by atoms with van der Waals surface area (Å²) in [4.78, 5) is 6.96. The van der Waals surface area contributed by atoms with Crippen LogP contribution in [-0.2, 0) is 0 Å². The van der Waals surface area contributed by atoms with Crippen molar-refractivity contribution in [2.45, 2.75) is 18.9 Å². The van der Waals surface area contributed by atoms with E-state index in [-0.39, 0.29) is 0 Å². The smallest absolute Gasteiger partial charge is 0.0714 e. The van der Waals surface area contributed by atoms with Crippen LogP contribution in [-0.4, -0.2) is 11.5 Å². The van der Waals surface area contributed by atoms with E-state index in [2.05, 4.69) is 52.3 Å². The van der Waals surface area contributed by atoms with Crippen LogP contribution in [0.4, 0.5) is 5.69 Å². The SMILES string of the molecule is c1ccc(N2CCCC2c2ccccn2)cc1. The first-order valence-electron chi connectivity index (χ1n) is 6.18. The van der Waals surface area contributed by atoms with Gasteiger partial charge < -0.3 is 4.90 Å². The molecule has 0 aliphatic carbocycles. The molecule has 0 amide bonds. The van der Waals surface area contributed by atoms with Gasteiger partial charge in [-0.3, -0.25) is 4.98 Å². The summed E-state index contributed by atoms with van der Waals surface area (Å²) in [5.74, 6) is 0. The van der Waals surface area contributed by atoms with Crippen LogP contribution >= 0.6 is 0 Å². The third-order valence-electron chi connectivity index (χ3n) is 3.37. The fraction of sp³-hybridized carbons (Fsp3) is 0.267. The van der Waals surface area contributed by atoms with E-state index in [4.69, 9.17) is 0 Å². The molecule has 1 fully saturated rings. The maximum Gasteiger partial charge on any atom is 0.0714 e. The molecule has 1 unspecified atom stereocenters. The topological polar surface area (TPSA) is 16.1 Å². The van der Waals surface area contributed by atoms with Gasteiger partial charge in [0.25, 0.3) is 0 Å². The maximum atomic E-state index is 4.49. The average molecular weight is 224 g/mol. The zero-order valence-corrected chi connectivity index (χ0v) is 9.79. The molecule has 0 saturated carbocycles. The predicted octanol–water partition coefficient (Wildman–Crippen LogP) is 3.42. The highest BCUT2D eigenvalue weighted by molar-refractivity contribution is 5.49. The minimum absolute atomic E-state index is 0.443. The highest BCUT2D eigenvalue weighted by atomic mass is 15.2. The van der Waals surface area contributed by atoms with Gasteiger partial charge in [0.1, 0.15) is 0 Å². The lowest BCUT2D eigenvalue weighted by Crippen LogP contribution is -2.22. The molecule has 86 valence electrons. The third kappa shape index (κ3) is 2.03. The van der Waals surface area contributed by atoms with Crippen LogP contribution in [0.5, 0.6) is 0 Å². The van der Waals surface area contributed by atoms with Crippen LogP contribution in [0.2, 0.25) is 0 Å². The summed E-state index contributed by atoms with van der Waals surface area (Å²) in [6, 6.07) is 17.3. The minimum Gasteiger partial charge on any atom is -0.363 e. The maximum absolute atomic E-state index is 4.49. The lowest BCUT2D eigenvalue weighted by atomic mass is 10.1. The van der Waals surface area contributed by atoms with Crippen molar-refractivity contribution in [1.82, 2.24) is 4.98 Å². The van der Waals surface area contributed by atoms with E-state index in [0.29, 0.717) is 6.04 Å². The number of para-hydroxylation sites is 1. The Labute approximate surface area is 102 Å². The third-order valence-corrected chi connectivity index (χ3v) is 3.37. The molecule has 1 aliphatic heterocycles. The molecule has 0 N–H and O–H groups in total. The molecular weight excluding hydrogens is 208 g/mol. The van der Waals surface area contributed by atoms with Gasteiger partial charge in [0.15, 0.2) is 0 Å². The van der Waals surface area contributed by atoms with Gasteiger partial charge in [0.2, 0.25) is 0 Å². The van der Waals surface area contributed by atoms with Crippen molar-refractivity contribution in [1.29, 1.82) is 0 Å². The van der Waals surface area contributed by atoms with Crippen molar-refractivity contribution in [3.63, 3.8) is 0 Å². The Morgan fingerprint density at radius 1 is 1.00 bits per heavy atom. The van der Waals surface area contributed by atoms with Crippen LogP contribution < -0.4 is 4.90 Å². The van der Waals surface area contributed by atoms with Gasteiger partial charge in [-0.1, -0.05) is 24.3 Å². The largest absolute Gasteiger partial charge is 0.363 e. The normalized spacial score (nSPS) is 19.5. The highest BCUT2D eigenvalue weighted by Gasteiger charge is 2.26. The van der Waals surface area contributed by atoms with Gasteiger partial charge >= 0.3 is 0 Å². The number of pyridine rings is 1.